The lowest BCUT2D eigenvalue weighted by Crippen LogP contribution is -2.60. The Morgan fingerprint density at radius 2 is 1.93 bits per heavy atom. The van der Waals surface area contributed by atoms with E-state index in [0.717, 1.165) is 0 Å². The van der Waals surface area contributed by atoms with Gasteiger partial charge in [-0.2, -0.15) is 5.26 Å². The highest BCUT2D eigenvalue weighted by molar-refractivity contribution is 5.24. The van der Waals surface area contributed by atoms with Crippen LogP contribution in [0, 0.1) is 28.1 Å². The lowest BCUT2D eigenvalue weighted by Gasteiger charge is -2.66. The number of hydrogen-bond acceptors (Lipinski definition) is 1. The van der Waals surface area contributed by atoms with E-state index in [1.54, 1.807) is 0 Å². The zero-order chi connectivity index (χ0) is 9.65. The molecule has 0 saturated heterocycles. The minimum absolute atomic E-state index is 0.368. The van der Waals surface area contributed by atoms with Gasteiger partial charge < -0.3 is 0 Å². The van der Waals surface area contributed by atoms with Crippen molar-refractivity contribution in [3.05, 3.63) is 12.2 Å². The molecule has 3 aliphatic rings. The van der Waals surface area contributed by atoms with Crippen LogP contribution in [0.15, 0.2) is 12.2 Å². The zero-order valence-electron chi connectivity index (χ0n) is 8.63. The van der Waals surface area contributed by atoms with E-state index in [1.165, 1.54) is 44.9 Å². The second-order valence-electron chi connectivity index (χ2n) is 5.41. The van der Waals surface area contributed by atoms with Gasteiger partial charge in [0.25, 0.3) is 0 Å². The molecule has 0 amide bonds. The van der Waals surface area contributed by atoms with Gasteiger partial charge in [-0.25, -0.2) is 0 Å². The molecular weight excluding hydrogens is 170 g/mol. The van der Waals surface area contributed by atoms with Crippen LogP contribution in [0.5, 0.6) is 0 Å². The molecule has 0 aromatic carbocycles. The van der Waals surface area contributed by atoms with Crippen LogP contribution >= 0.6 is 0 Å². The van der Waals surface area contributed by atoms with Gasteiger partial charge in [-0.05, 0) is 42.9 Å². The Bertz CT molecular complexity index is 325. The molecule has 0 N–H and O–H groups in total. The highest BCUT2D eigenvalue weighted by Crippen LogP contribution is 2.72. The molecule has 0 unspecified atom stereocenters. The fraction of sp³-hybridized carbons (Fsp3) is 0.769. The normalized spacial score (nSPS) is 49.8. The van der Waals surface area contributed by atoms with Gasteiger partial charge in [0.15, 0.2) is 0 Å². The quantitative estimate of drug-likeness (QED) is 0.533. The molecule has 0 aromatic rings. The SMILES string of the molecule is N#C[C@@H]1C[C@]23CC=CC[C@@]12CCCC3. The number of rotatable bonds is 0. The van der Waals surface area contributed by atoms with E-state index in [1.807, 2.05) is 0 Å². The monoisotopic (exact) mass is 187 g/mol. The maximum absolute atomic E-state index is 9.18. The minimum Gasteiger partial charge on any atom is -0.198 e. The van der Waals surface area contributed by atoms with Crippen molar-refractivity contribution in [1.82, 2.24) is 0 Å². The molecule has 1 heteroatoms. The zero-order valence-corrected chi connectivity index (χ0v) is 8.63. The first kappa shape index (κ1) is 8.53. The van der Waals surface area contributed by atoms with Crippen molar-refractivity contribution in [3.8, 4) is 6.07 Å². The Morgan fingerprint density at radius 3 is 2.79 bits per heavy atom. The van der Waals surface area contributed by atoms with E-state index in [4.69, 9.17) is 0 Å². The first-order chi connectivity index (χ1) is 6.83. The fourth-order valence-corrected chi connectivity index (χ4v) is 4.34. The largest absolute Gasteiger partial charge is 0.198 e. The maximum atomic E-state index is 9.18. The topological polar surface area (TPSA) is 23.8 Å². The lowest BCUT2D eigenvalue weighted by molar-refractivity contribution is -0.155. The third-order valence-corrected chi connectivity index (χ3v) is 5.16. The average Bonchev–Trinajstić information content (AvgIpc) is 2.21. The molecular formula is C13H17N. The summed E-state index contributed by atoms with van der Waals surface area (Å²) in [5.41, 5.74) is 0.967. The first-order valence-corrected chi connectivity index (χ1v) is 5.88. The van der Waals surface area contributed by atoms with Crippen molar-refractivity contribution in [1.29, 1.82) is 5.26 Å². The van der Waals surface area contributed by atoms with Crippen molar-refractivity contribution >= 4 is 0 Å². The van der Waals surface area contributed by atoms with Crippen molar-refractivity contribution in [2.45, 2.75) is 44.9 Å². The van der Waals surface area contributed by atoms with E-state index < -0.39 is 0 Å². The summed E-state index contributed by atoms with van der Waals surface area (Å²) >= 11 is 0. The molecule has 3 rings (SSSR count). The molecule has 0 bridgehead atoms. The van der Waals surface area contributed by atoms with Crippen LogP contribution in [0.25, 0.3) is 0 Å². The molecule has 2 fully saturated rings. The van der Waals surface area contributed by atoms with Crippen molar-refractivity contribution in [3.63, 3.8) is 0 Å². The number of hydrogen-bond donors (Lipinski definition) is 0. The molecule has 0 spiro atoms. The molecule has 74 valence electrons. The van der Waals surface area contributed by atoms with Crippen molar-refractivity contribution < 1.29 is 0 Å². The summed E-state index contributed by atoms with van der Waals surface area (Å²) in [6.45, 7) is 0. The first-order valence-electron chi connectivity index (χ1n) is 5.88. The van der Waals surface area contributed by atoms with Crippen molar-refractivity contribution in [2.24, 2.45) is 16.7 Å². The summed E-state index contributed by atoms with van der Waals surface area (Å²) < 4.78 is 0. The van der Waals surface area contributed by atoms with Crippen molar-refractivity contribution in [2.75, 3.05) is 0 Å². The molecule has 1 nitrogen and oxygen atoms in total. The Morgan fingerprint density at radius 1 is 1.14 bits per heavy atom. The molecule has 0 aromatic heterocycles. The highest BCUT2D eigenvalue weighted by Gasteiger charge is 2.65. The third kappa shape index (κ3) is 0.764. The number of allylic oxidation sites excluding steroid dienone is 2. The summed E-state index contributed by atoms with van der Waals surface area (Å²) in [4.78, 5) is 0. The summed E-state index contributed by atoms with van der Waals surface area (Å²) in [6, 6.07) is 2.55. The Kier molecular flexibility index (Phi) is 1.60. The molecule has 0 aliphatic heterocycles. The molecule has 0 radical (unpaired) electrons. The van der Waals surface area contributed by atoms with Gasteiger partial charge in [0.2, 0.25) is 0 Å². The van der Waals surface area contributed by atoms with Crippen LogP contribution in [-0.4, -0.2) is 0 Å². The Balaban J connectivity index is 2.01. The number of nitrogens with zero attached hydrogens (tertiary/aromatic N) is 1. The van der Waals surface area contributed by atoms with Crippen LogP contribution in [0.2, 0.25) is 0 Å². The Hall–Kier alpha value is -0.770. The second kappa shape index (κ2) is 2.63. The fourth-order valence-electron chi connectivity index (χ4n) is 4.34. The summed E-state index contributed by atoms with van der Waals surface area (Å²) in [7, 11) is 0. The molecule has 3 atom stereocenters. The molecule has 2 saturated carbocycles. The maximum Gasteiger partial charge on any atom is 0.0662 e. The average molecular weight is 187 g/mol. The Labute approximate surface area is 85.8 Å². The molecule has 14 heavy (non-hydrogen) atoms. The second-order valence-corrected chi connectivity index (χ2v) is 5.41. The van der Waals surface area contributed by atoms with Gasteiger partial charge in [-0.1, -0.05) is 25.0 Å². The van der Waals surface area contributed by atoms with E-state index >= 15 is 0 Å². The summed E-state index contributed by atoms with van der Waals surface area (Å²) in [6.07, 6.45) is 13.8. The highest BCUT2D eigenvalue weighted by atomic mass is 14.7. The molecule has 3 aliphatic carbocycles. The lowest BCUT2D eigenvalue weighted by atomic mass is 9.36. The van der Waals surface area contributed by atoms with Gasteiger partial charge in [0.05, 0.1) is 12.0 Å². The van der Waals surface area contributed by atoms with E-state index in [9.17, 15) is 5.26 Å². The smallest absolute Gasteiger partial charge is 0.0662 e. The van der Waals surface area contributed by atoms with Gasteiger partial charge >= 0.3 is 0 Å². The minimum atomic E-state index is 0.368. The van der Waals surface area contributed by atoms with Gasteiger partial charge in [-0.3, -0.25) is 0 Å². The van der Waals surface area contributed by atoms with Crippen LogP contribution < -0.4 is 0 Å². The van der Waals surface area contributed by atoms with E-state index in [0.29, 0.717) is 16.7 Å². The molecule has 0 heterocycles. The summed E-state index contributed by atoms with van der Waals surface area (Å²) in [5, 5.41) is 9.18. The third-order valence-electron chi connectivity index (χ3n) is 5.16. The van der Waals surface area contributed by atoms with Crippen LogP contribution in [0.4, 0.5) is 0 Å². The van der Waals surface area contributed by atoms with Gasteiger partial charge in [0.1, 0.15) is 0 Å². The van der Waals surface area contributed by atoms with E-state index in [-0.39, 0.29) is 0 Å². The standard InChI is InChI=1S/C13H17N/c14-10-11-9-12-5-1-3-7-13(11,12)8-4-2-6-12/h1,3,11H,2,4-9H2/t11-,12+,13+/m0/s1. The van der Waals surface area contributed by atoms with Crippen LogP contribution in [-0.2, 0) is 0 Å². The van der Waals surface area contributed by atoms with Gasteiger partial charge in [-0.15, -0.1) is 0 Å². The van der Waals surface area contributed by atoms with Gasteiger partial charge in [0, 0.05) is 0 Å². The van der Waals surface area contributed by atoms with E-state index in [2.05, 4.69) is 18.2 Å². The predicted octanol–water partition coefficient (Wildman–Crippen LogP) is 3.43. The summed E-state index contributed by atoms with van der Waals surface area (Å²) in [5.74, 6) is 0.368. The van der Waals surface area contributed by atoms with Crippen LogP contribution in [0.3, 0.4) is 0 Å². The number of nitriles is 1. The van der Waals surface area contributed by atoms with Crippen LogP contribution in [0.1, 0.15) is 44.9 Å². The predicted molar refractivity (Wildman–Crippen MR) is 55.4 cm³/mol.